The molecule has 0 aliphatic rings. The Morgan fingerprint density at radius 1 is 1.35 bits per heavy atom. The van der Waals surface area contributed by atoms with E-state index in [0.717, 1.165) is 26.9 Å². The van der Waals surface area contributed by atoms with Gasteiger partial charge < -0.3 is 0 Å². The summed E-state index contributed by atoms with van der Waals surface area (Å²) < 4.78 is 2.79. The van der Waals surface area contributed by atoms with Gasteiger partial charge in [-0.25, -0.2) is 0 Å². The van der Waals surface area contributed by atoms with Crippen molar-refractivity contribution in [3.63, 3.8) is 0 Å². The van der Waals surface area contributed by atoms with Gasteiger partial charge in [-0.1, -0.05) is 36.7 Å². The first-order chi connectivity index (χ1) is 9.58. The summed E-state index contributed by atoms with van der Waals surface area (Å²) >= 11 is 8.52. The average Bonchev–Trinajstić information content (AvgIpc) is 2.75. The van der Waals surface area contributed by atoms with Crippen LogP contribution in [0.3, 0.4) is 0 Å². The van der Waals surface area contributed by atoms with Gasteiger partial charge >= 0.3 is 0 Å². The minimum Gasteiger partial charge on any atom is -0.294 e. The number of ketones is 1. The maximum atomic E-state index is 12.4. The molecule has 0 fully saturated rings. The highest BCUT2D eigenvalue weighted by Crippen LogP contribution is 2.24. The van der Waals surface area contributed by atoms with Crippen LogP contribution in [0.4, 0.5) is 0 Å². The fourth-order valence-corrected chi connectivity index (χ4v) is 3.14. The molecule has 0 aliphatic carbocycles. The quantitative estimate of drug-likeness (QED) is 0.556. The third kappa shape index (κ3) is 3.06. The van der Waals surface area contributed by atoms with Crippen LogP contribution in [-0.2, 0) is 19.4 Å². The zero-order chi connectivity index (χ0) is 14.7. The van der Waals surface area contributed by atoms with Crippen LogP contribution in [0.1, 0.15) is 35.6 Å². The summed E-state index contributed by atoms with van der Waals surface area (Å²) in [6, 6.07) is 7.60. The summed E-state index contributed by atoms with van der Waals surface area (Å²) in [6.45, 7) is 4.73. The number of aromatic nitrogens is 2. The van der Waals surface area contributed by atoms with Gasteiger partial charge in [0.2, 0.25) is 0 Å². The van der Waals surface area contributed by atoms with E-state index < -0.39 is 0 Å². The van der Waals surface area contributed by atoms with E-state index in [-0.39, 0.29) is 5.78 Å². The lowest BCUT2D eigenvalue weighted by Crippen LogP contribution is -2.11. The number of hydrogen-bond donors (Lipinski definition) is 0. The van der Waals surface area contributed by atoms with Crippen molar-refractivity contribution < 1.29 is 4.79 Å². The van der Waals surface area contributed by atoms with Crippen LogP contribution >= 0.6 is 34.2 Å². The molecule has 0 saturated heterocycles. The summed E-state index contributed by atoms with van der Waals surface area (Å²) in [4.78, 5) is 12.4. The molecule has 0 bridgehead atoms. The van der Waals surface area contributed by atoms with E-state index in [1.807, 2.05) is 42.8 Å². The van der Waals surface area contributed by atoms with Crippen molar-refractivity contribution in [1.29, 1.82) is 0 Å². The number of hydrogen-bond acceptors (Lipinski definition) is 2. The molecule has 106 valence electrons. The van der Waals surface area contributed by atoms with Crippen LogP contribution in [0.15, 0.2) is 24.3 Å². The molecule has 5 heteroatoms. The van der Waals surface area contributed by atoms with Crippen molar-refractivity contribution in [3.05, 3.63) is 49.8 Å². The molecule has 0 radical (unpaired) electrons. The lowest BCUT2D eigenvalue weighted by atomic mass is 10.1. The first kappa shape index (κ1) is 15.5. The van der Waals surface area contributed by atoms with Crippen LogP contribution in [-0.4, -0.2) is 15.6 Å². The van der Waals surface area contributed by atoms with Gasteiger partial charge in [0, 0.05) is 15.7 Å². The number of carbonyl (C=O) groups excluding carboxylic acids is 1. The third-order valence-corrected chi connectivity index (χ3v) is 4.57. The van der Waals surface area contributed by atoms with Gasteiger partial charge in [-0.3, -0.25) is 9.48 Å². The molecule has 0 saturated carbocycles. The Morgan fingerprint density at radius 3 is 2.65 bits per heavy atom. The van der Waals surface area contributed by atoms with Crippen molar-refractivity contribution in [1.82, 2.24) is 9.78 Å². The molecule has 2 rings (SSSR count). The first-order valence-electron chi connectivity index (χ1n) is 6.60. The van der Waals surface area contributed by atoms with Crippen LogP contribution < -0.4 is 0 Å². The van der Waals surface area contributed by atoms with E-state index in [2.05, 4.69) is 27.7 Å². The van der Waals surface area contributed by atoms with Crippen molar-refractivity contribution in [2.24, 2.45) is 0 Å². The van der Waals surface area contributed by atoms with E-state index in [1.54, 1.807) is 0 Å². The van der Waals surface area contributed by atoms with Gasteiger partial charge in [0.05, 0.1) is 22.8 Å². The van der Waals surface area contributed by atoms with E-state index >= 15 is 0 Å². The third-order valence-electron chi connectivity index (χ3n) is 3.20. The highest BCUT2D eigenvalue weighted by atomic mass is 127. The van der Waals surface area contributed by atoms with Crippen molar-refractivity contribution in [2.45, 2.75) is 33.2 Å². The second-order valence-corrected chi connectivity index (χ2v) is 6.00. The summed E-state index contributed by atoms with van der Waals surface area (Å²) in [5.74, 6) is 0.0779. The molecule has 0 spiro atoms. The fraction of sp³-hybridized carbons (Fsp3) is 0.333. The van der Waals surface area contributed by atoms with Gasteiger partial charge in [-0.2, -0.15) is 5.10 Å². The molecule has 0 aliphatic heterocycles. The van der Waals surface area contributed by atoms with E-state index in [1.165, 1.54) is 0 Å². The predicted molar refractivity (Wildman–Crippen MR) is 89.5 cm³/mol. The number of Topliss-reactive ketones (excluding diaryl/α,β-unsaturated/α-hetero) is 1. The van der Waals surface area contributed by atoms with E-state index in [9.17, 15) is 4.79 Å². The number of halogens is 2. The molecule has 0 N–H and O–H groups in total. The Labute approximate surface area is 137 Å². The predicted octanol–water partition coefficient (Wildman–Crippen LogP) is 4.15. The lowest BCUT2D eigenvalue weighted by molar-refractivity contribution is 0.0989. The normalized spacial score (nSPS) is 10.8. The van der Waals surface area contributed by atoms with E-state index in [0.29, 0.717) is 18.0 Å². The SMILES string of the molecule is CCc1nn(CC)c(CC(=O)c2ccccc2I)c1Cl. The first-order valence-corrected chi connectivity index (χ1v) is 8.05. The van der Waals surface area contributed by atoms with Gasteiger partial charge in [-0.15, -0.1) is 0 Å². The molecule has 1 aromatic heterocycles. The van der Waals surface area contributed by atoms with Gasteiger partial charge in [0.1, 0.15) is 0 Å². The molecule has 20 heavy (non-hydrogen) atoms. The number of benzene rings is 1. The topological polar surface area (TPSA) is 34.9 Å². The Balaban J connectivity index is 2.33. The number of carbonyl (C=O) groups is 1. The molecule has 0 unspecified atom stereocenters. The van der Waals surface area contributed by atoms with Crippen LogP contribution in [0.25, 0.3) is 0 Å². The maximum absolute atomic E-state index is 12.4. The summed E-state index contributed by atoms with van der Waals surface area (Å²) in [7, 11) is 0. The average molecular weight is 403 g/mol. The Hall–Kier alpha value is -0.880. The summed E-state index contributed by atoms with van der Waals surface area (Å²) in [5, 5.41) is 5.08. The second kappa shape index (κ2) is 6.72. The van der Waals surface area contributed by atoms with Crippen molar-refractivity contribution in [2.75, 3.05) is 0 Å². The Morgan fingerprint density at radius 2 is 2.05 bits per heavy atom. The van der Waals surface area contributed by atoms with Gasteiger partial charge in [-0.05, 0) is 42.0 Å². The fourth-order valence-electron chi connectivity index (χ4n) is 2.12. The molecule has 1 heterocycles. The largest absolute Gasteiger partial charge is 0.294 e. The van der Waals surface area contributed by atoms with Crippen molar-refractivity contribution >= 4 is 40.0 Å². The molecule has 0 amide bonds. The second-order valence-electron chi connectivity index (χ2n) is 4.46. The molecule has 3 nitrogen and oxygen atoms in total. The van der Waals surface area contributed by atoms with Crippen LogP contribution in [0.2, 0.25) is 5.02 Å². The highest BCUT2D eigenvalue weighted by Gasteiger charge is 2.19. The highest BCUT2D eigenvalue weighted by molar-refractivity contribution is 14.1. The summed E-state index contributed by atoms with van der Waals surface area (Å²) in [5.41, 5.74) is 2.42. The molecular formula is C15H16ClIN2O. The number of nitrogens with zero attached hydrogens (tertiary/aromatic N) is 2. The Kier molecular flexibility index (Phi) is 5.21. The van der Waals surface area contributed by atoms with Crippen LogP contribution in [0, 0.1) is 3.57 Å². The molecular weight excluding hydrogens is 387 g/mol. The molecule has 1 aromatic carbocycles. The minimum absolute atomic E-state index is 0.0779. The van der Waals surface area contributed by atoms with Crippen molar-refractivity contribution in [3.8, 4) is 0 Å². The monoisotopic (exact) mass is 402 g/mol. The lowest BCUT2D eigenvalue weighted by Gasteiger charge is -2.06. The van der Waals surface area contributed by atoms with E-state index in [4.69, 9.17) is 11.6 Å². The molecule has 2 aromatic rings. The minimum atomic E-state index is 0.0779. The van der Waals surface area contributed by atoms with Gasteiger partial charge in [0.25, 0.3) is 0 Å². The van der Waals surface area contributed by atoms with Gasteiger partial charge in [0.15, 0.2) is 5.78 Å². The zero-order valence-electron chi connectivity index (χ0n) is 11.5. The zero-order valence-corrected chi connectivity index (χ0v) is 14.4. The smallest absolute Gasteiger partial charge is 0.169 e. The maximum Gasteiger partial charge on any atom is 0.169 e. The van der Waals surface area contributed by atoms with Crippen LogP contribution in [0.5, 0.6) is 0 Å². The molecule has 0 atom stereocenters. The standard InChI is InChI=1S/C15H16ClIN2O/c1-3-12-15(16)13(19(4-2)18-12)9-14(20)10-7-5-6-8-11(10)17/h5-8H,3-4,9H2,1-2H3. The number of aryl methyl sites for hydroxylation is 2. The Bertz CT molecular complexity index is 637. The summed E-state index contributed by atoms with van der Waals surface area (Å²) in [6.07, 6.45) is 1.07. The number of rotatable bonds is 5.